The van der Waals surface area contributed by atoms with Gasteiger partial charge in [0, 0.05) is 12.5 Å². The monoisotopic (exact) mass is 435 g/mol. The first kappa shape index (κ1) is 22.4. The van der Waals surface area contributed by atoms with E-state index in [9.17, 15) is 28.6 Å². The van der Waals surface area contributed by atoms with Gasteiger partial charge < -0.3 is 25.3 Å². The lowest BCUT2D eigenvalue weighted by atomic mass is 10.1. The summed E-state index contributed by atoms with van der Waals surface area (Å²) in [5, 5.41) is 25.7. The Morgan fingerprint density at radius 1 is 1.10 bits per heavy atom. The Morgan fingerprint density at radius 3 is 2.29 bits per heavy atom. The van der Waals surface area contributed by atoms with Gasteiger partial charge in [-0.1, -0.05) is 12.1 Å². The first-order valence-electron chi connectivity index (χ1n) is 9.39. The van der Waals surface area contributed by atoms with Crippen LogP contribution in [0, 0.1) is 6.92 Å². The summed E-state index contributed by atoms with van der Waals surface area (Å²) >= 11 is 0. The molecule has 1 aromatic heterocycles. The van der Waals surface area contributed by atoms with E-state index in [1.54, 1.807) is 21.0 Å². The summed E-state index contributed by atoms with van der Waals surface area (Å²) in [4.78, 5) is 25.7. The van der Waals surface area contributed by atoms with Crippen molar-refractivity contribution in [3.63, 3.8) is 0 Å². The maximum atomic E-state index is 14.2. The Labute approximate surface area is 176 Å². The second-order valence-corrected chi connectivity index (χ2v) is 7.60. The maximum absolute atomic E-state index is 14.2. The quantitative estimate of drug-likeness (QED) is 0.243. The molecule has 0 saturated heterocycles. The predicted octanol–water partition coefficient (Wildman–Crippen LogP) is 2.99. The third kappa shape index (κ3) is 4.30. The van der Waals surface area contributed by atoms with Crippen molar-refractivity contribution in [1.82, 2.24) is 4.90 Å². The van der Waals surface area contributed by atoms with E-state index in [4.69, 9.17) is 4.42 Å². The Morgan fingerprint density at radius 2 is 1.74 bits per heavy atom. The molecule has 1 heterocycles. The van der Waals surface area contributed by atoms with Crippen molar-refractivity contribution in [3.8, 4) is 5.75 Å². The number of halogens is 2. The van der Waals surface area contributed by atoms with Gasteiger partial charge in [-0.05, 0) is 39.2 Å². The number of nitrogens with one attached hydrogen (secondary N) is 2. The fourth-order valence-corrected chi connectivity index (χ4v) is 3.13. The average molecular weight is 435 g/mol. The standard InChI is InChI=1S/C21H23F2N3O5/c1-10-8-9-13(31-10)19(21(2,22)23)25-15-14(17(28)18(15)29)24-12-7-5-6-11(16(12)27)20(30)26(3)4/h5-9,19-20,24-25,27,30H,1-4H3/t19-,20?/m0/s1. The number of rotatable bonds is 8. The van der Waals surface area contributed by atoms with E-state index in [1.807, 2.05) is 0 Å². The minimum absolute atomic E-state index is 0.0298. The highest BCUT2D eigenvalue weighted by Gasteiger charge is 2.40. The molecule has 2 atom stereocenters. The minimum atomic E-state index is -3.32. The van der Waals surface area contributed by atoms with Crippen LogP contribution in [0.4, 0.5) is 25.8 Å². The van der Waals surface area contributed by atoms with Gasteiger partial charge in [0.2, 0.25) is 0 Å². The molecule has 3 rings (SSSR count). The molecular weight excluding hydrogens is 412 g/mol. The topological polar surface area (TPSA) is 115 Å². The molecule has 0 radical (unpaired) electrons. The number of phenolic OH excluding ortho intramolecular Hbond substituents is 1. The van der Waals surface area contributed by atoms with Crippen LogP contribution in [-0.2, 0) is 0 Å². The van der Waals surface area contributed by atoms with Crippen molar-refractivity contribution in [3.05, 3.63) is 67.9 Å². The minimum Gasteiger partial charge on any atom is -0.505 e. The van der Waals surface area contributed by atoms with Crippen molar-refractivity contribution in [1.29, 1.82) is 0 Å². The molecule has 0 amide bonds. The highest BCUT2D eigenvalue weighted by Crippen LogP contribution is 2.38. The number of aliphatic hydroxyl groups is 1. The molecule has 31 heavy (non-hydrogen) atoms. The fraction of sp³-hybridized carbons (Fsp3) is 0.333. The molecule has 166 valence electrons. The van der Waals surface area contributed by atoms with Crippen LogP contribution in [0.1, 0.15) is 36.3 Å². The fourth-order valence-electron chi connectivity index (χ4n) is 3.13. The Kier molecular flexibility index (Phi) is 5.88. The zero-order chi connectivity index (χ0) is 23.1. The second kappa shape index (κ2) is 8.12. The first-order valence-corrected chi connectivity index (χ1v) is 9.39. The Balaban J connectivity index is 1.95. The van der Waals surface area contributed by atoms with Crippen LogP contribution in [0.2, 0.25) is 0 Å². The van der Waals surface area contributed by atoms with Crippen LogP contribution in [0.5, 0.6) is 5.75 Å². The van der Waals surface area contributed by atoms with Crippen molar-refractivity contribution < 1.29 is 23.4 Å². The molecule has 0 fully saturated rings. The SMILES string of the molecule is Cc1ccc([C@H](Nc2c(Nc3cccc(C(O)N(C)C)c3O)c(=O)c2=O)C(C)(F)F)o1. The van der Waals surface area contributed by atoms with Crippen molar-refractivity contribution >= 4 is 17.1 Å². The Hall–Kier alpha value is -3.24. The lowest BCUT2D eigenvalue weighted by Gasteiger charge is -2.26. The zero-order valence-electron chi connectivity index (χ0n) is 17.4. The first-order chi connectivity index (χ1) is 14.4. The molecule has 3 aromatic rings. The molecule has 4 N–H and O–H groups in total. The van der Waals surface area contributed by atoms with Gasteiger partial charge in [0.15, 0.2) is 0 Å². The number of hydrogen-bond acceptors (Lipinski definition) is 8. The summed E-state index contributed by atoms with van der Waals surface area (Å²) in [6, 6.07) is 5.61. The molecule has 0 bridgehead atoms. The number of furan rings is 1. The zero-order valence-corrected chi connectivity index (χ0v) is 17.4. The van der Waals surface area contributed by atoms with E-state index in [0.29, 0.717) is 12.7 Å². The molecular formula is C21H23F2N3O5. The number of phenols is 1. The number of alkyl halides is 2. The van der Waals surface area contributed by atoms with E-state index >= 15 is 0 Å². The smallest absolute Gasteiger partial charge is 0.272 e. The van der Waals surface area contributed by atoms with E-state index in [1.165, 1.54) is 35.2 Å². The summed E-state index contributed by atoms with van der Waals surface area (Å²) in [5.41, 5.74) is -2.31. The van der Waals surface area contributed by atoms with Gasteiger partial charge >= 0.3 is 0 Å². The number of aromatic hydroxyl groups is 1. The molecule has 8 nitrogen and oxygen atoms in total. The van der Waals surface area contributed by atoms with Crippen LogP contribution >= 0.6 is 0 Å². The second-order valence-electron chi connectivity index (χ2n) is 7.60. The molecule has 0 spiro atoms. The molecule has 0 aliphatic rings. The molecule has 0 aliphatic heterocycles. The number of benzene rings is 1. The lowest BCUT2D eigenvalue weighted by Crippen LogP contribution is -2.40. The number of anilines is 3. The van der Waals surface area contributed by atoms with E-state index < -0.39 is 29.0 Å². The van der Waals surface area contributed by atoms with Crippen LogP contribution in [0.3, 0.4) is 0 Å². The molecule has 0 aliphatic carbocycles. The Bertz CT molecular complexity index is 1160. The van der Waals surface area contributed by atoms with Crippen molar-refractivity contribution in [2.75, 3.05) is 24.7 Å². The normalized spacial score (nSPS) is 14.1. The van der Waals surface area contributed by atoms with E-state index in [0.717, 1.165) is 0 Å². The molecule has 0 saturated carbocycles. The van der Waals surface area contributed by atoms with Gasteiger partial charge in [0.25, 0.3) is 16.8 Å². The molecule has 2 aromatic carbocycles. The largest absolute Gasteiger partial charge is 0.505 e. The maximum Gasteiger partial charge on any atom is 0.272 e. The lowest BCUT2D eigenvalue weighted by molar-refractivity contribution is -0.00541. The van der Waals surface area contributed by atoms with Gasteiger partial charge in [-0.2, -0.15) is 0 Å². The van der Waals surface area contributed by atoms with Crippen molar-refractivity contribution in [2.24, 2.45) is 0 Å². The van der Waals surface area contributed by atoms with Gasteiger partial charge in [-0.3, -0.25) is 14.5 Å². The number of para-hydroxylation sites is 1. The number of hydrogen-bond donors (Lipinski definition) is 4. The molecule has 10 heteroatoms. The van der Waals surface area contributed by atoms with Gasteiger partial charge in [0.05, 0.1) is 5.69 Å². The van der Waals surface area contributed by atoms with Crippen molar-refractivity contribution in [2.45, 2.75) is 32.0 Å². The highest BCUT2D eigenvalue weighted by atomic mass is 19.3. The summed E-state index contributed by atoms with van der Waals surface area (Å²) in [6.45, 7) is 2.26. The van der Waals surface area contributed by atoms with Crippen LogP contribution in [-0.4, -0.2) is 35.1 Å². The summed E-state index contributed by atoms with van der Waals surface area (Å²) < 4.78 is 33.7. The number of aryl methyl sites for hydroxylation is 1. The van der Waals surface area contributed by atoms with Crippen LogP contribution in [0.25, 0.3) is 0 Å². The summed E-state index contributed by atoms with van der Waals surface area (Å²) in [6.07, 6.45) is -1.13. The van der Waals surface area contributed by atoms with E-state index in [-0.39, 0.29) is 34.1 Å². The number of aliphatic hydroxyl groups excluding tert-OH is 1. The third-order valence-corrected chi connectivity index (χ3v) is 4.85. The molecule has 1 unspecified atom stereocenters. The van der Waals surface area contributed by atoms with E-state index in [2.05, 4.69) is 10.6 Å². The van der Waals surface area contributed by atoms with Crippen LogP contribution < -0.4 is 21.5 Å². The number of nitrogens with zero attached hydrogens (tertiary/aromatic N) is 1. The third-order valence-electron chi connectivity index (χ3n) is 4.85. The van der Waals surface area contributed by atoms with Gasteiger partial charge in [-0.25, -0.2) is 8.78 Å². The average Bonchev–Trinajstić information content (AvgIpc) is 3.12. The summed E-state index contributed by atoms with van der Waals surface area (Å²) in [5.74, 6) is -3.35. The predicted molar refractivity (Wildman–Crippen MR) is 112 cm³/mol. The van der Waals surface area contributed by atoms with Gasteiger partial charge in [0.1, 0.15) is 40.9 Å². The van der Waals surface area contributed by atoms with Crippen LogP contribution in [0.15, 0.2) is 44.3 Å². The summed E-state index contributed by atoms with van der Waals surface area (Å²) in [7, 11) is 3.20. The van der Waals surface area contributed by atoms with Gasteiger partial charge in [-0.15, -0.1) is 0 Å². The highest BCUT2D eigenvalue weighted by molar-refractivity contribution is 5.81.